The molecule has 0 saturated heterocycles. The first-order valence-corrected chi connectivity index (χ1v) is 2.38. The topological polar surface area (TPSA) is 49.8 Å². The SMILES string of the molecule is N#CC1C=CC=C1N. The van der Waals surface area contributed by atoms with Crippen LogP contribution >= 0.6 is 0 Å². The molecule has 0 spiro atoms. The summed E-state index contributed by atoms with van der Waals surface area (Å²) in [6.45, 7) is 0. The van der Waals surface area contributed by atoms with Crippen molar-refractivity contribution < 1.29 is 0 Å². The fourth-order valence-electron chi connectivity index (χ4n) is 0.610. The van der Waals surface area contributed by atoms with Gasteiger partial charge in [-0.05, 0) is 6.08 Å². The van der Waals surface area contributed by atoms with Gasteiger partial charge in [0.15, 0.2) is 0 Å². The van der Waals surface area contributed by atoms with Gasteiger partial charge in [0.05, 0.1) is 6.07 Å². The Bertz CT molecular complexity index is 183. The van der Waals surface area contributed by atoms with Crippen LogP contribution in [0, 0.1) is 17.2 Å². The summed E-state index contributed by atoms with van der Waals surface area (Å²) in [6, 6.07) is 2.03. The van der Waals surface area contributed by atoms with E-state index in [4.69, 9.17) is 11.0 Å². The number of nitrogens with two attached hydrogens (primary N) is 1. The molecule has 1 rings (SSSR count). The average molecular weight is 106 g/mol. The molecule has 0 radical (unpaired) electrons. The molecule has 0 aromatic carbocycles. The minimum atomic E-state index is -0.171. The first-order valence-electron chi connectivity index (χ1n) is 2.38. The number of nitriles is 1. The summed E-state index contributed by atoms with van der Waals surface area (Å²) in [5, 5.41) is 8.31. The van der Waals surface area contributed by atoms with Gasteiger partial charge in [-0.3, -0.25) is 0 Å². The van der Waals surface area contributed by atoms with Crippen LogP contribution in [0.4, 0.5) is 0 Å². The summed E-state index contributed by atoms with van der Waals surface area (Å²) >= 11 is 0. The summed E-state index contributed by atoms with van der Waals surface area (Å²) in [5.74, 6) is -0.171. The molecule has 0 bridgehead atoms. The largest absolute Gasteiger partial charge is 0.401 e. The molecule has 40 valence electrons. The Morgan fingerprint density at radius 2 is 2.50 bits per heavy atom. The first-order chi connectivity index (χ1) is 3.84. The van der Waals surface area contributed by atoms with Crippen LogP contribution in [0.1, 0.15) is 0 Å². The minimum Gasteiger partial charge on any atom is -0.401 e. The quantitative estimate of drug-likeness (QED) is 0.490. The summed E-state index contributed by atoms with van der Waals surface area (Å²) in [6.07, 6.45) is 5.31. The van der Waals surface area contributed by atoms with E-state index in [9.17, 15) is 0 Å². The van der Waals surface area contributed by atoms with E-state index in [-0.39, 0.29) is 5.92 Å². The zero-order valence-electron chi connectivity index (χ0n) is 4.33. The van der Waals surface area contributed by atoms with Gasteiger partial charge in [0.1, 0.15) is 5.92 Å². The summed E-state index contributed by atoms with van der Waals surface area (Å²) in [5.41, 5.74) is 6.01. The molecule has 0 saturated carbocycles. The van der Waals surface area contributed by atoms with Gasteiger partial charge in [0, 0.05) is 5.70 Å². The lowest BCUT2D eigenvalue weighted by atomic mass is 10.2. The zero-order chi connectivity index (χ0) is 5.98. The Hall–Kier alpha value is -1.23. The van der Waals surface area contributed by atoms with Crippen LogP contribution in [-0.2, 0) is 0 Å². The molecule has 0 amide bonds. The Labute approximate surface area is 47.9 Å². The van der Waals surface area contributed by atoms with Gasteiger partial charge in [-0.1, -0.05) is 12.2 Å². The highest BCUT2D eigenvalue weighted by Crippen LogP contribution is 2.11. The predicted molar refractivity (Wildman–Crippen MR) is 30.5 cm³/mol. The van der Waals surface area contributed by atoms with Gasteiger partial charge in [-0.2, -0.15) is 5.26 Å². The van der Waals surface area contributed by atoms with Crippen LogP contribution in [0.5, 0.6) is 0 Å². The van der Waals surface area contributed by atoms with Crippen molar-refractivity contribution in [2.24, 2.45) is 11.7 Å². The normalized spacial score (nSPS) is 24.9. The van der Waals surface area contributed by atoms with Crippen molar-refractivity contribution in [1.29, 1.82) is 5.26 Å². The smallest absolute Gasteiger partial charge is 0.104 e. The van der Waals surface area contributed by atoms with E-state index in [1.54, 1.807) is 18.2 Å². The maximum Gasteiger partial charge on any atom is 0.104 e. The van der Waals surface area contributed by atoms with Crippen molar-refractivity contribution in [2.45, 2.75) is 0 Å². The lowest BCUT2D eigenvalue weighted by molar-refractivity contribution is 0.983. The molecule has 8 heavy (non-hydrogen) atoms. The van der Waals surface area contributed by atoms with Gasteiger partial charge in [0.2, 0.25) is 0 Å². The summed E-state index contributed by atoms with van der Waals surface area (Å²) in [4.78, 5) is 0. The van der Waals surface area contributed by atoms with Gasteiger partial charge in [0.25, 0.3) is 0 Å². The first kappa shape index (κ1) is 4.92. The maximum atomic E-state index is 8.31. The van der Waals surface area contributed by atoms with E-state index in [0.29, 0.717) is 5.70 Å². The van der Waals surface area contributed by atoms with Crippen molar-refractivity contribution in [1.82, 2.24) is 0 Å². The van der Waals surface area contributed by atoms with Crippen molar-refractivity contribution >= 4 is 0 Å². The molecule has 2 nitrogen and oxygen atoms in total. The van der Waals surface area contributed by atoms with Gasteiger partial charge < -0.3 is 5.73 Å². The molecular weight excluding hydrogens is 100 g/mol. The van der Waals surface area contributed by atoms with Crippen LogP contribution in [-0.4, -0.2) is 0 Å². The fraction of sp³-hybridized carbons (Fsp3) is 0.167. The molecule has 1 unspecified atom stereocenters. The Morgan fingerprint density at radius 1 is 1.75 bits per heavy atom. The van der Waals surface area contributed by atoms with Crippen LogP contribution in [0.2, 0.25) is 0 Å². The van der Waals surface area contributed by atoms with Crippen LogP contribution in [0.3, 0.4) is 0 Å². The standard InChI is InChI=1S/C6H6N2/c7-4-5-2-1-3-6(5)8/h1-3,5H,8H2. The highest BCUT2D eigenvalue weighted by molar-refractivity contribution is 5.30. The molecule has 0 fully saturated rings. The number of nitrogens with zero attached hydrogens (tertiary/aromatic N) is 1. The number of rotatable bonds is 0. The third-order valence-electron chi connectivity index (χ3n) is 1.09. The third-order valence-corrected chi connectivity index (χ3v) is 1.09. The van der Waals surface area contributed by atoms with Crippen molar-refractivity contribution in [2.75, 3.05) is 0 Å². The maximum absolute atomic E-state index is 8.31. The predicted octanol–water partition coefficient (Wildman–Crippen LogP) is 0.539. The summed E-state index contributed by atoms with van der Waals surface area (Å²) < 4.78 is 0. The Kier molecular flexibility index (Phi) is 1.05. The number of allylic oxidation sites excluding steroid dienone is 3. The van der Waals surface area contributed by atoms with Crippen LogP contribution in [0.25, 0.3) is 0 Å². The molecule has 1 aliphatic rings. The lowest BCUT2D eigenvalue weighted by Crippen LogP contribution is -2.03. The van der Waals surface area contributed by atoms with Gasteiger partial charge in [-0.15, -0.1) is 0 Å². The monoisotopic (exact) mass is 106 g/mol. The van der Waals surface area contributed by atoms with E-state index in [1.165, 1.54) is 0 Å². The Balaban J connectivity index is 2.76. The molecule has 1 aliphatic carbocycles. The van der Waals surface area contributed by atoms with E-state index in [1.807, 2.05) is 6.07 Å². The third kappa shape index (κ3) is 0.584. The highest BCUT2D eigenvalue weighted by Gasteiger charge is 2.07. The fourth-order valence-corrected chi connectivity index (χ4v) is 0.610. The van der Waals surface area contributed by atoms with Crippen LogP contribution in [0.15, 0.2) is 23.9 Å². The molecule has 0 heterocycles. The van der Waals surface area contributed by atoms with Crippen molar-refractivity contribution in [3.8, 4) is 6.07 Å². The molecule has 2 heteroatoms. The lowest BCUT2D eigenvalue weighted by Gasteiger charge is -1.93. The summed E-state index contributed by atoms with van der Waals surface area (Å²) in [7, 11) is 0. The van der Waals surface area contributed by atoms with E-state index >= 15 is 0 Å². The highest BCUT2D eigenvalue weighted by atomic mass is 14.6. The van der Waals surface area contributed by atoms with Crippen molar-refractivity contribution in [3.63, 3.8) is 0 Å². The van der Waals surface area contributed by atoms with Gasteiger partial charge >= 0.3 is 0 Å². The molecule has 0 aliphatic heterocycles. The molecule has 0 aromatic rings. The van der Waals surface area contributed by atoms with E-state index in [0.717, 1.165) is 0 Å². The molecule has 0 aromatic heterocycles. The van der Waals surface area contributed by atoms with E-state index < -0.39 is 0 Å². The number of hydrogen-bond donors (Lipinski definition) is 1. The second-order valence-electron chi connectivity index (χ2n) is 1.66. The number of hydrogen-bond acceptors (Lipinski definition) is 2. The van der Waals surface area contributed by atoms with E-state index in [2.05, 4.69) is 0 Å². The van der Waals surface area contributed by atoms with Crippen LogP contribution < -0.4 is 5.73 Å². The Morgan fingerprint density at radius 3 is 2.75 bits per heavy atom. The minimum absolute atomic E-state index is 0.171. The van der Waals surface area contributed by atoms with Gasteiger partial charge in [-0.25, -0.2) is 0 Å². The second-order valence-corrected chi connectivity index (χ2v) is 1.66. The molecule has 1 atom stereocenters. The second kappa shape index (κ2) is 1.71. The molecular formula is C6H6N2. The van der Waals surface area contributed by atoms with Crippen molar-refractivity contribution in [3.05, 3.63) is 23.9 Å². The molecule has 2 N–H and O–H groups in total. The zero-order valence-corrected chi connectivity index (χ0v) is 4.33. The average Bonchev–Trinajstić information content (AvgIpc) is 2.14.